The minimum absolute atomic E-state index is 0.228. The molecule has 1 saturated heterocycles. The predicted octanol–water partition coefficient (Wildman–Crippen LogP) is 3.17. The summed E-state index contributed by atoms with van der Waals surface area (Å²) in [4.78, 5) is 9.78. The van der Waals surface area contributed by atoms with Crippen LogP contribution in [-0.4, -0.2) is 52.7 Å². The second-order valence-electron chi connectivity index (χ2n) is 7.66. The van der Waals surface area contributed by atoms with Crippen molar-refractivity contribution in [2.75, 3.05) is 38.1 Å². The van der Waals surface area contributed by atoms with Gasteiger partial charge >= 0.3 is 0 Å². The third-order valence-corrected chi connectivity index (χ3v) is 5.79. The Morgan fingerprint density at radius 1 is 0.963 bits per heavy atom. The lowest BCUT2D eigenvalue weighted by Gasteiger charge is -2.36. The van der Waals surface area contributed by atoms with E-state index in [1.54, 1.807) is 12.1 Å². The molecule has 1 aromatic carbocycles. The molecule has 0 radical (unpaired) electrons. The van der Waals surface area contributed by atoms with Crippen LogP contribution in [-0.2, 0) is 12.8 Å². The summed E-state index contributed by atoms with van der Waals surface area (Å²) in [5.74, 6) is 0.991. The number of hydrogen-bond donors (Lipinski definition) is 0. The van der Waals surface area contributed by atoms with E-state index in [-0.39, 0.29) is 5.82 Å². The Morgan fingerprint density at radius 2 is 1.70 bits per heavy atom. The summed E-state index contributed by atoms with van der Waals surface area (Å²) in [5, 5.41) is 4.89. The molecule has 0 N–H and O–H groups in total. The monoisotopic (exact) mass is 365 g/mol. The third-order valence-electron chi connectivity index (χ3n) is 5.79. The normalized spacial score (nSPS) is 18.1. The van der Waals surface area contributed by atoms with Gasteiger partial charge in [-0.15, -0.1) is 0 Å². The number of fused-ring (bicyclic) bond motifs is 2. The van der Waals surface area contributed by atoms with E-state index in [4.69, 9.17) is 10.1 Å². The van der Waals surface area contributed by atoms with Crippen molar-refractivity contribution in [1.29, 1.82) is 0 Å². The molecule has 2 aromatic heterocycles. The lowest BCUT2D eigenvalue weighted by atomic mass is 9.96. The van der Waals surface area contributed by atoms with Gasteiger partial charge < -0.3 is 9.80 Å². The molecule has 3 heterocycles. The molecule has 0 unspecified atom stereocenters. The number of benzene rings is 1. The van der Waals surface area contributed by atoms with Gasteiger partial charge in [-0.25, -0.2) is 9.37 Å². The highest BCUT2D eigenvalue weighted by atomic mass is 19.1. The van der Waals surface area contributed by atoms with Gasteiger partial charge in [-0.05, 0) is 57.0 Å². The molecule has 0 amide bonds. The second kappa shape index (κ2) is 6.60. The van der Waals surface area contributed by atoms with E-state index < -0.39 is 0 Å². The Bertz CT molecular complexity index is 970. The summed E-state index contributed by atoms with van der Waals surface area (Å²) >= 11 is 0. The minimum Gasteiger partial charge on any atom is -0.354 e. The summed E-state index contributed by atoms with van der Waals surface area (Å²) in [5.41, 5.74) is 5.26. The van der Waals surface area contributed by atoms with Crippen molar-refractivity contribution in [2.24, 2.45) is 0 Å². The van der Waals surface area contributed by atoms with Gasteiger partial charge in [0.2, 0.25) is 0 Å². The van der Waals surface area contributed by atoms with E-state index in [1.807, 2.05) is 10.6 Å². The minimum atomic E-state index is -0.228. The molecule has 0 atom stereocenters. The average Bonchev–Trinajstić information content (AvgIpc) is 3.11. The van der Waals surface area contributed by atoms with E-state index in [0.717, 1.165) is 55.9 Å². The Balaban J connectivity index is 1.66. The number of halogens is 1. The molecule has 1 fully saturated rings. The van der Waals surface area contributed by atoms with Gasteiger partial charge in [0.25, 0.3) is 0 Å². The molecule has 0 spiro atoms. The van der Waals surface area contributed by atoms with Crippen molar-refractivity contribution >= 4 is 11.5 Å². The maximum atomic E-state index is 13.3. The number of anilines is 1. The topological polar surface area (TPSA) is 36.7 Å². The van der Waals surface area contributed by atoms with E-state index in [1.165, 1.54) is 42.0 Å². The average molecular weight is 365 g/mol. The van der Waals surface area contributed by atoms with E-state index in [9.17, 15) is 4.39 Å². The van der Waals surface area contributed by atoms with Crippen molar-refractivity contribution in [3.05, 3.63) is 47.4 Å². The number of piperazine rings is 1. The molecule has 2 aliphatic rings. The lowest BCUT2D eigenvalue weighted by Crippen LogP contribution is -2.45. The molecule has 5 nitrogen and oxygen atoms in total. The molecule has 1 aliphatic heterocycles. The Hall–Kier alpha value is -2.47. The van der Waals surface area contributed by atoms with Crippen LogP contribution in [0, 0.1) is 5.82 Å². The Morgan fingerprint density at radius 3 is 2.48 bits per heavy atom. The molecular formula is C21H24FN5. The van der Waals surface area contributed by atoms with Crippen molar-refractivity contribution in [3.8, 4) is 11.3 Å². The van der Waals surface area contributed by atoms with Crippen LogP contribution in [0.15, 0.2) is 30.3 Å². The number of aromatic nitrogens is 3. The van der Waals surface area contributed by atoms with Crippen LogP contribution >= 0.6 is 0 Å². The van der Waals surface area contributed by atoms with Gasteiger partial charge in [0.1, 0.15) is 11.6 Å². The fraction of sp³-hybridized carbons (Fsp3) is 0.429. The van der Waals surface area contributed by atoms with Crippen molar-refractivity contribution in [3.63, 3.8) is 0 Å². The zero-order valence-electron chi connectivity index (χ0n) is 15.7. The van der Waals surface area contributed by atoms with Crippen LogP contribution in [0.5, 0.6) is 0 Å². The molecule has 6 heteroatoms. The first-order valence-electron chi connectivity index (χ1n) is 9.80. The van der Waals surface area contributed by atoms with Gasteiger partial charge in [-0.2, -0.15) is 9.61 Å². The molecule has 0 saturated carbocycles. The van der Waals surface area contributed by atoms with Gasteiger partial charge in [-0.3, -0.25) is 0 Å². The smallest absolute Gasteiger partial charge is 0.158 e. The zero-order chi connectivity index (χ0) is 18.4. The molecule has 3 aromatic rings. The molecule has 140 valence electrons. The summed E-state index contributed by atoms with van der Waals surface area (Å²) in [6, 6.07) is 8.57. The largest absolute Gasteiger partial charge is 0.354 e. The van der Waals surface area contributed by atoms with Crippen molar-refractivity contribution in [1.82, 2.24) is 19.5 Å². The third kappa shape index (κ3) is 2.98. The highest BCUT2D eigenvalue weighted by Gasteiger charge is 2.25. The van der Waals surface area contributed by atoms with Gasteiger partial charge in [0.15, 0.2) is 5.65 Å². The van der Waals surface area contributed by atoms with Crippen LogP contribution < -0.4 is 4.90 Å². The second-order valence-corrected chi connectivity index (χ2v) is 7.66. The first kappa shape index (κ1) is 16.7. The Kier molecular flexibility index (Phi) is 4.08. The maximum absolute atomic E-state index is 13.3. The number of nitrogens with zero attached hydrogens (tertiary/aromatic N) is 5. The number of likely N-dealkylation sites (N-methyl/N-ethyl adjacent to an activating group) is 1. The SMILES string of the molecule is CN1CCN(c2c3c(nc4cc(-c5ccc(F)cc5)nn24)CCCC3)CC1. The summed E-state index contributed by atoms with van der Waals surface area (Å²) in [6.07, 6.45) is 4.54. The fourth-order valence-electron chi connectivity index (χ4n) is 4.23. The summed E-state index contributed by atoms with van der Waals surface area (Å²) < 4.78 is 15.3. The fourth-order valence-corrected chi connectivity index (χ4v) is 4.23. The zero-order valence-corrected chi connectivity index (χ0v) is 15.7. The van der Waals surface area contributed by atoms with Crippen LogP contribution in [0.3, 0.4) is 0 Å². The van der Waals surface area contributed by atoms with Gasteiger partial charge in [0, 0.05) is 49.1 Å². The lowest BCUT2D eigenvalue weighted by molar-refractivity contribution is 0.311. The van der Waals surface area contributed by atoms with Crippen LogP contribution in [0.4, 0.5) is 10.2 Å². The quantitative estimate of drug-likeness (QED) is 0.699. The molecular weight excluding hydrogens is 341 g/mol. The van der Waals surface area contributed by atoms with Crippen molar-refractivity contribution in [2.45, 2.75) is 25.7 Å². The van der Waals surface area contributed by atoms with E-state index in [0.29, 0.717) is 0 Å². The van der Waals surface area contributed by atoms with Crippen LogP contribution in [0.1, 0.15) is 24.1 Å². The molecule has 5 rings (SSSR count). The molecule has 0 bridgehead atoms. The highest BCUT2D eigenvalue weighted by molar-refractivity contribution is 5.67. The van der Waals surface area contributed by atoms with Crippen LogP contribution in [0.2, 0.25) is 0 Å². The molecule has 1 aliphatic carbocycles. The first-order valence-corrected chi connectivity index (χ1v) is 9.80. The predicted molar refractivity (Wildman–Crippen MR) is 105 cm³/mol. The highest BCUT2D eigenvalue weighted by Crippen LogP contribution is 2.32. The first-order chi connectivity index (χ1) is 13.2. The summed E-state index contributed by atoms with van der Waals surface area (Å²) in [6.45, 7) is 4.14. The maximum Gasteiger partial charge on any atom is 0.158 e. The van der Waals surface area contributed by atoms with E-state index >= 15 is 0 Å². The summed E-state index contributed by atoms with van der Waals surface area (Å²) in [7, 11) is 2.18. The number of rotatable bonds is 2. The number of hydrogen-bond acceptors (Lipinski definition) is 4. The van der Waals surface area contributed by atoms with Crippen molar-refractivity contribution < 1.29 is 4.39 Å². The molecule has 27 heavy (non-hydrogen) atoms. The van der Waals surface area contributed by atoms with Gasteiger partial charge in [0.05, 0.1) is 5.69 Å². The van der Waals surface area contributed by atoms with Crippen LogP contribution in [0.25, 0.3) is 16.9 Å². The van der Waals surface area contributed by atoms with E-state index in [2.05, 4.69) is 16.8 Å². The number of aryl methyl sites for hydroxylation is 1. The standard InChI is InChI=1S/C21H24FN5/c1-25-10-12-26(13-11-25)21-17-4-2-3-5-18(17)23-20-14-19(24-27(20)21)15-6-8-16(22)9-7-15/h6-9,14H,2-5,10-13H2,1H3. The Labute approximate surface area is 158 Å². The van der Waals surface area contributed by atoms with Gasteiger partial charge in [-0.1, -0.05) is 0 Å².